The molecular weight excluding hydrogens is 448 g/mol. The van der Waals surface area contributed by atoms with Crippen LogP contribution in [0, 0.1) is 6.92 Å². The molecule has 1 aliphatic carbocycles. The number of rotatable bonds is 2. The number of piperazine rings is 1. The van der Waals surface area contributed by atoms with Crippen molar-refractivity contribution in [2.75, 3.05) is 37.3 Å². The van der Waals surface area contributed by atoms with Crippen LogP contribution in [0.5, 0.6) is 0 Å². The zero-order chi connectivity index (χ0) is 24.6. The third kappa shape index (κ3) is 7.93. The Kier molecular flexibility index (Phi) is 9.20. The summed E-state index contributed by atoms with van der Waals surface area (Å²) >= 11 is 0. The highest BCUT2D eigenvalue weighted by Gasteiger charge is 2.15. The fraction of sp³-hybridized carbons (Fsp3) is 0.440. The second-order valence-corrected chi connectivity index (χ2v) is 10.4. The fourth-order valence-corrected chi connectivity index (χ4v) is 4.16. The topological polar surface area (TPSA) is 106 Å². The van der Waals surface area contributed by atoms with Gasteiger partial charge in [0.15, 0.2) is 0 Å². The quantitative estimate of drug-likeness (QED) is 0.539. The highest BCUT2D eigenvalue weighted by molar-refractivity contribution is 7.88. The van der Waals surface area contributed by atoms with Gasteiger partial charge in [-0.25, -0.2) is 23.5 Å². The summed E-state index contributed by atoms with van der Waals surface area (Å²) in [5, 5.41) is 9.01. The van der Waals surface area contributed by atoms with E-state index in [1.165, 1.54) is 54.3 Å². The van der Waals surface area contributed by atoms with Gasteiger partial charge in [0.05, 0.1) is 11.8 Å². The van der Waals surface area contributed by atoms with E-state index in [4.69, 9.17) is 0 Å². The molecule has 2 aliphatic rings. The van der Waals surface area contributed by atoms with Crippen molar-refractivity contribution in [3.63, 3.8) is 0 Å². The van der Waals surface area contributed by atoms with Gasteiger partial charge in [0.1, 0.15) is 11.6 Å². The van der Waals surface area contributed by atoms with Crippen molar-refractivity contribution in [3.05, 3.63) is 60.7 Å². The summed E-state index contributed by atoms with van der Waals surface area (Å²) in [6.45, 7) is 10.0. The lowest BCUT2D eigenvalue weighted by molar-refractivity contribution is 0.590. The first-order valence-corrected chi connectivity index (χ1v) is 13.7. The third-order valence-corrected chi connectivity index (χ3v) is 5.74. The van der Waals surface area contributed by atoms with E-state index in [2.05, 4.69) is 66.9 Å². The van der Waals surface area contributed by atoms with E-state index in [0.717, 1.165) is 44.1 Å². The zero-order valence-electron chi connectivity index (χ0n) is 20.2. The Hall–Kier alpha value is -2.75. The number of nitrogens with two attached hydrogens (primary N) is 1. The van der Waals surface area contributed by atoms with Crippen molar-refractivity contribution in [2.45, 2.75) is 39.0 Å². The Bertz CT molecular complexity index is 1180. The molecule has 5 rings (SSSR count). The summed E-state index contributed by atoms with van der Waals surface area (Å²) in [5.74, 6) is 1.71. The summed E-state index contributed by atoms with van der Waals surface area (Å²) in [7, 11) is -3.17. The maximum atomic E-state index is 9.41. The highest BCUT2D eigenvalue weighted by atomic mass is 32.2. The minimum absolute atomic E-state index is 0.789. The number of nitrogens with one attached hydrogen (secondary N) is 1. The molecule has 2 fully saturated rings. The third-order valence-electron chi connectivity index (χ3n) is 5.74. The van der Waals surface area contributed by atoms with E-state index in [1.54, 1.807) is 0 Å². The number of sulfonamides is 1. The van der Waals surface area contributed by atoms with E-state index >= 15 is 0 Å². The number of hydrogen-bond donors (Lipinski definition) is 2. The van der Waals surface area contributed by atoms with Crippen molar-refractivity contribution in [1.29, 1.82) is 0 Å². The largest absolute Gasteiger partial charge is 0.368 e. The van der Waals surface area contributed by atoms with Gasteiger partial charge in [-0.2, -0.15) is 0 Å². The number of aryl methyl sites for hydroxylation is 1. The Morgan fingerprint density at radius 3 is 2.32 bits per heavy atom. The lowest BCUT2D eigenvalue weighted by Gasteiger charge is -2.30. The van der Waals surface area contributed by atoms with E-state index < -0.39 is 10.0 Å². The van der Waals surface area contributed by atoms with Gasteiger partial charge in [-0.1, -0.05) is 24.6 Å². The molecule has 9 heteroatoms. The van der Waals surface area contributed by atoms with Crippen molar-refractivity contribution < 1.29 is 8.42 Å². The van der Waals surface area contributed by atoms with Crippen LogP contribution in [-0.4, -0.2) is 55.4 Å². The average Bonchev–Trinajstić information content (AvgIpc) is 3.24. The number of primary sulfonamides is 1. The van der Waals surface area contributed by atoms with Gasteiger partial charge in [-0.05, 0) is 56.9 Å². The van der Waals surface area contributed by atoms with Crippen molar-refractivity contribution in [2.24, 2.45) is 5.14 Å². The maximum absolute atomic E-state index is 9.41. The molecule has 0 spiro atoms. The Labute approximate surface area is 202 Å². The predicted molar refractivity (Wildman–Crippen MR) is 140 cm³/mol. The second kappa shape index (κ2) is 12.1. The van der Waals surface area contributed by atoms with Crippen LogP contribution in [0.2, 0.25) is 0 Å². The standard InChI is InChI=1S/C17H19N5.C7H12.CH5NO2S/c1-13-19-7-5-17(20-13)22-10-6-14-15(3-2-4-16(14)22)21-11-8-18-9-12-21;1-7-5-3-2-4-6-7;1-5(2,3)4/h2-7,10,18H,8-9,11-12H2,1H3;1-6H2;1H3,(H2,2,3,4). The molecule has 1 aromatic carbocycles. The van der Waals surface area contributed by atoms with Crippen LogP contribution >= 0.6 is 0 Å². The molecule has 34 heavy (non-hydrogen) atoms. The summed E-state index contributed by atoms with van der Waals surface area (Å²) in [5.41, 5.74) is 3.96. The predicted octanol–water partition coefficient (Wildman–Crippen LogP) is 3.55. The molecule has 0 bridgehead atoms. The van der Waals surface area contributed by atoms with E-state index in [-0.39, 0.29) is 0 Å². The molecule has 3 aromatic rings. The molecule has 3 heterocycles. The van der Waals surface area contributed by atoms with Gasteiger partial charge in [0.2, 0.25) is 10.0 Å². The minimum atomic E-state index is -3.17. The molecule has 2 aromatic heterocycles. The SMILES string of the molecule is C=C1CCCCC1.CS(N)(=O)=O.Cc1nccc(-n2ccc3c(N4CCNCC4)cccc32)n1. The van der Waals surface area contributed by atoms with Crippen LogP contribution in [0.25, 0.3) is 16.7 Å². The number of hydrogen-bond acceptors (Lipinski definition) is 6. The highest BCUT2D eigenvalue weighted by Crippen LogP contribution is 2.29. The molecule has 3 N–H and O–H groups in total. The van der Waals surface area contributed by atoms with Crippen LogP contribution in [0.1, 0.15) is 37.9 Å². The van der Waals surface area contributed by atoms with Gasteiger partial charge >= 0.3 is 0 Å². The smallest absolute Gasteiger partial charge is 0.206 e. The first-order chi connectivity index (χ1) is 16.2. The summed E-state index contributed by atoms with van der Waals surface area (Å²) < 4.78 is 21.0. The van der Waals surface area contributed by atoms with Crippen LogP contribution in [0.15, 0.2) is 54.9 Å². The van der Waals surface area contributed by atoms with Crippen molar-refractivity contribution in [1.82, 2.24) is 19.9 Å². The molecular formula is C25H36N6O2S. The molecule has 1 saturated heterocycles. The van der Waals surface area contributed by atoms with E-state index in [0.29, 0.717) is 0 Å². The number of fused-ring (bicyclic) bond motifs is 1. The van der Waals surface area contributed by atoms with E-state index in [9.17, 15) is 8.42 Å². The van der Waals surface area contributed by atoms with Crippen LogP contribution < -0.4 is 15.4 Å². The molecule has 0 unspecified atom stereocenters. The Morgan fingerprint density at radius 1 is 1.06 bits per heavy atom. The molecule has 1 aliphatic heterocycles. The minimum Gasteiger partial charge on any atom is -0.368 e. The maximum Gasteiger partial charge on any atom is 0.206 e. The summed E-state index contributed by atoms with van der Waals surface area (Å²) in [6.07, 6.45) is 11.6. The zero-order valence-corrected chi connectivity index (χ0v) is 21.0. The second-order valence-electron chi connectivity index (χ2n) is 8.73. The molecule has 8 nitrogen and oxygen atoms in total. The van der Waals surface area contributed by atoms with Crippen LogP contribution in [-0.2, 0) is 10.0 Å². The van der Waals surface area contributed by atoms with Crippen molar-refractivity contribution in [3.8, 4) is 5.82 Å². The van der Waals surface area contributed by atoms with Gasteiger partial charge in [-0.15, -0.1) is 0 Å². The number of nitrogens with zero attached hydrogens (tertiary/aromatic N) is 4. The van der Waals surface area contributed by atoms with Crippen LogP contribution in [0.3, 0.4) is 0 Å². The molecule has 1 saturated carbocycles. The van der Waals surface area contributed by atoms with Gasteiger partial charge in [-0.3, -0.25) is 0 Å². The monoisotopic (exact) mass is 484 g/mol. The number of anilines is 1. The van der Waals surface area contributed by atoms with E-state index in [1.807, 2.05) is 19.2 Å². The van der Waals surface area contributed by atoms with Crippen molar-refractivity contribution >= 4 is 26.6 Å². The number of allylic oxidation sites excluding steroid dienone is 1. The van der Waals surface area contributed by atoms with Gasteiger partial charge in [0.25, 0.3) is 0 Å². The molecule has 0 amide bonds. The summed E-state index contributed by atoms with van der Waals surface area (Å²) in [6, 6.07) is 10.6. The Balaban J connectivity index is 0.000000223. The number of benzene rings is 1. The first kappa shape index (κ1) is 25.9. The summed E-state index contributed by atoms with van der Waals surface area (Å²) in [4.78, 5) is 11.2. The lowest BCUT2D eigenvalue weighted by Crippen LogP contribution is -2.43. The number of aromatic nitrogens is 3. The average molecular weight is 485 g/mol. The lowest BCUT2D eigenvalue weighted by atomic mass is 9.97. The van der Waals surface area contributed by atoms with Crippen LogP contribution in [0.4, 0.5) is 5.69 Å². The molecule has 0 radical (unpaired) electrons. The first-order valence-electron chi connectivity index (χ1n) is 11.7. The molecule has 184 valence electrons. The fourth-order valence-electron chi connectivity index (χ4n) is 4.16. The molecule has 0 atom stereocenters. The van der Waals surface area contributed by atoms with Gasteiger partial charge < -0.3 is 14.8 Å². The normalized spacial score (nSPS) is 16.3. The van der Waals surface area contributed by atoms with Gasteiger partial charge in [0, 0.05) is 49.6 Å². The Morgan fingerprint density at radius 2 is 1.74 bits per heavy atom.